The normalized spacial score (nSPS) is 14.7. The minimum Gasteiger partial charge on any atom is -0.361 e. The van der Waals surface area contributed by atoms with E-state index in [1.54, 1.807) is 0 Å². The van der Waals surface area contributed by atoms with Gasteiger partial charge in [-0.1, -0.05) is 18.2 Å². The molecular weight excluding hydrogens is 338 g/mol. The highest BCUT2D eigenvalue weighted by Gasteiger charge is 2.21. The van der Waals surface area contributed by atoms with Gasteiger partial charge >= 0.3 is 0 Å². The Morgan fingerprint density at radius 1 is 1.07 bits per heavy atom. The Morgan fingerprint density at radius 3 is 2.78 bits per heavy atom. The first-order chi connectivity index (χ1) is 13.3. The van der Waals surface area contributed by atoms with E-state index >= 15 is 0 Å². The number of nitrogens with one attached hydrogen (secondary N) is 2. The van der Waals surface area contributed by atoms with Crippen molar-refractivity contribution in [2.45, 2.75) is 13.0 Å². The maximum Gasteiger partial charge on any atom is 0.223 e. The number of carbonyl (C=O) groups is 1. The number of fused-ring (bicyclic) bond motifs is 1. The minimum absolute atomic E-state index is 0.225. The molecule has 0 atom stereocenters. The number of benzene rings is 1. The number of anilines is 1. The van der Waals surface area contributed by atoms with Gasteiger partial charge in [-0.3, -0.25) is 4.79 Å². The quantitative estimate of drug-likeness (QED) is 0.660. The van der Waals surface area contributed by atoms with Crippen molar-refractivity contribution in [1.82, 2.24) is 20.2 Å². The Kier molecular flexibility index (Phi) is 5.34. The predicted molar refractivity (Wildman–Crippen MR) is 108 cm³/mol. The van der Waals surface area contributed by atoms with Crippen LogP contribution in [0.5, 0.6) is 0 Å². The van der Waals surface area contributed by atoms with Gasteiger partial charge in [-0.05, 0) is 29.8 Å². The molecular formula is C21H25N5O. The lowest BCUT2D eigenvalue weighted by Gasteiger charge is -2.35. The van der Waals surface area contributed by atoms with E-state index in [0.29, 0.717) is 13.0 Å². The second-order valence-corrected chi connectivity index (χ2v) is 6.84. The van der Waals surface area contributed by atoms with Crippen LogP contribution in [0.25, 0.3) is 10.9 Å². The Labute approximate surface area is 159 Å². The lowest BCUT2D eigenvalue weighted by Crippen LogP contribution is -2.49. The molecule has 3 heterocycles. The number of hydrogen-bond acceptors (Lipinski definition) is 4. The summed E-state index contributed by atoms with van der Waals surface area (Å²) in [5.41, 5.74) is 2.40. The summed E-state index contributed by atoms with van der Waals surface area (Å²) in [6.45, 7) is 4.67. The van der Waals surface area contributed by atoms with Gasteiger partial charge in [-0.25, -0.2) is 4.98 Å². The fourth-order valence-electron chi connectivity index (χ4n) is 3.61. The van der Waals surface area contributed by atoms with E-state index in [9.17, 15) is 4.79 Å². The van der Waals surface area contributed by atoms with Gasteiger partial charge in [0.05, 0.1) is 0 Å². The Morgan fingerprint density at radius 2 is 1.96 bits per heavy atom. The molecule has 1 aromatic carbocycles. The number of H-pyrrole nitrogens is 1. The molecule has 1 fully saturated rings. The number of amides is 1. The van der Waals surface area contributed by atoms with E-state index in [2.05, 4.69) is 44.5 Å². The van der Waals surface area contributed by atoms with Crippen molar-refractivity contribution in [2.75, 3.05) is 37.6 Å². The van der Waals surface area contributed by atoms with Crippen LogP contribution in [0.3, 0.4) is 0 Å². The molecule has 27 heavy (non-hydrogen) atoms. The zero-order valence-electron chi connectivity index (χ0n) is 15.4. The highest BCUT2D eigenvalue weighted by atomic mass is 16.2. The van der Waals surface area contributed by atoms with Crippen LogP contribution in [-0.2, 0) is 11.3 Å². The number of hydrogen-bond donors (Lipinski definition) is 2. The molecule has 140 valence electrons. The summed E-state index contributed by atoms with van der Waals surface area (Å²) in [4.78, 5) is 24.3. The summed E-state index contributed by atoms with van der Waals surface area (Å²) in [5.74, 6) is 1.22. The summed E-state index contributed by atoms with van der Waals surface area (Å²) in [6.07, 6.45) is 4.31. The number of nitrogens with zero attached hydrogens (tertiary/aromatic N) is 3. The summed E-state index contributed by atoms with van der Waals surface area (Å²) in [7, 11) is 0. The van der Waals surface area contributed by atoms with Gasteiger partial charge in [0.1, 0.15) is 5.82 Å². The number of carbonyl (C=O) groups excluding carboxylic acids is 1. The highest BCUT2D eigenvalue weighted by Crippen LogP contribution is 2.17. The largest absolute Gasteiger partial charge is 0.361 e. The van der Waals surface area contributed by atoms with Gasteiger partial charge in [-0.2, -0.15) is 0 Å². The lowest BCUT2D eigenvalue weighted by molar-refractivity contribution is -0.131. The molecule has 1 aliphatic rings. The van der Waals surface area contributed by atoms with Crippen LogP contribution in [0.4, 0.5) is 5.82 Å². The molecule has 0 unspecified atom stereocenters. The van der Waals surface area contributed by atoms with Gasteiger partial charge in [0.25, 0.3) is 0 Å². The van der Waals surface area contributed by atoms with E-state index in [1.807, 2.05) is 35.5 Å². The standard InChI is InChI=1S/C21H25N5O/c27-21(26-14-12-25(13-15-26)20-6-1-2-9-24-20)8-10-22-16-17-4-3-5-19-18(17)7-11-23-19/h1-7,9,11,22-23H,8,10,12-16H2. The fourth-order valence-corrected chi connectivity index (χ4v) is 3.61. The summed E-state index contributed by atoms with van der Waals surface area (Å²) >= 11 is 0. The number of piperazine rings is 1. The van der Waals surface area contributed by atoms with E-state index in [1.165, 1.54) is 10.9 Å². The van der Waals surface area contributed by atoms with E-state index < -0.39 is 0 Å². The van der Waals surface area contributed by atoms with Gasteiger partial charge in [-0.15, -0.1) is 0 Å². The smallest absolute Gasteiger partial charge is 0.223 e. The van der Waals surface area contributed by atoms with Crippen LogP contribution in [0.1, 0.15) is 12.0 Å². The number of rotatable bonds is 6. The van der Waals surface area contributed by atoms with Crippen LogP contribution < -0.4 is 10.2 Å². The second kappa shape index (κ2) is 8.22. The predicted octanol–water partition coefficient (Wildman–Crippen LogP) is 2.39. The van der Waals surface area contributed by atoms with Crippen LogP contribution in [-0.4, -0.2) is 53.5 Å². The number of aromatic amines is 1. The molecule has 1 aliphatic heterocycles. The molecule has 3 aromatic rings. The van der Waals surface area contributed by atoms with Crippen molar-refractivity contribution in [1.29, 1.82) is 0 Å². The Bertz CT molecular complexity index is 884. The van der Waals surface area contributed by atoms with Gasteiger partial charge in [0.15, 0.2) is 0 Å². The Balaban J connectivity index is 1.21. The van der Waals surface area contributed by atoms with Crippen molar-refractivity contribution in [3.63, 3.8) is 0 Å². The van der Waals surface area contributed by atoms with E-state index in [0.717, 1.165) is 44.1 Å². The molecule has 2 aromatic heterocycles. The molecule has 6 heteroatoms. The number of aromatic nitrogens is 2. The summed E-state index contributed by atoms with van der Waals surface area (Å²) < 4.78 is 0. The maximum absolute atomic E-state index is 12.5. The molecule has 1 saturated heterocycles. The molecule has 4 rings (SSSR count). The average Bonchev–Trinajstić information content (AvgIpc) is 3.21. The molecule has 0 aliphatic carbocycles. The van der Waals surface area contributed by atoms with Gasteiger partial charge < -0.3 is 20.1 Å². The third kappa shape index (κ3) is 4.11. The van der Waals surface area contributed by atoms with Crippen molar-refractivity contribution in [3.8, 4) is 0 Å². The molecule has 0 spiro atoms. The van der Waals surface area contributed by atoms with Gasteiger partial charge in [0, 0.05) is 69.0 Å². The molecule has 6 nitrogen and oxygen atoms in total. The Hall–Kier alpha value is -2.86. The first-order valence-corrected chi connectivity index (χ1v) is 9.51. The highest BCUT2D eigenvalue weighted by molar-refractivity contribution is 5.82. The molecule has 0 saturated carbocycles. The second-order valence-electron chi connectivity index (χ2n) is 6.84. The fraction of sp³-hybridized carbons (Fsp3) is 0.333. The van der Waals surface area contributed by atoms with Crippen LogP contribution in [0.15, 0.2) is 54.9 Å². The topological polar surface area (TPSA) is 64.3 Å². The van der Waals surface area contributed by atoms with E-state index in [-0.39, 0.29) is 5.91 Å². The average molecular weight is 363 g/mol. The number of pyridine rings is 1. The van der Waals surface area contributed by atoms with Gasteiger partial charge in [0.2, 0.25) is 5.91 Å². The SMILES string of the molecule is O=C(CCNCc1cccc2[nH]ccc12)N1CCN(c2ccccn2)CC1. The first kappa shape index (κ1) is 17.5. The van der Waals surface area contributed by atoms with Crippen LogP contribution in [0, 0.1) is 0 Å². The molecule has 0 bridgehead atoms. The molecule has 1 amide bonds. The molecule has 2 N–H and O–H groups in total. The molecule has 0 radical (unpaired) electrons. The minimum atomic E-state index is 0.225. The van der Waals surface area contributed by atoms with Crippen molar-refractivity contribution in [2.24, 2.45) is 0 Å². The zero-order valence-corrected chi connectivity index (χ0v) is 15.4. The maximum atomic E-state index is 12.5. The lowest BCUT2D eigenvalue weighted by atomic mass is 10.1. The van der Waals surface area contributed by atoms with Crippen LogP contribution in [0.2, 0.25) is 0 Å². The van der Waals surface area contributed by atoms with Crippen molar-refractivity contribution < 1.29 is 4.79 Å². The third-order valence-corrected chi connectivity index (χ3v) is 5.12. The summed E-state index contributed by atoms with van der Waals surface area (Å²) in [5, 5.41) is 4.64. The third-order valence-electron chi connectivity index (χ3n) is 5.12. The van der Waals surface area contributed by atoms with Crippen molar-refractivity contribution >= 4 is 22.6 Å². The van der Waals surface area contributed by atoms with E-state index in [4.69, 9.17) is 0 Å². The first-order valence-electron chi connectivity index (χ1n) is 9.51. The summed E-state index contributed by atoms with van der Waals surface area (Å²) in [6, 6.07) is 14.3. The van der Waals surface area contributed by atoms with Crippen molar-refractivity contribution in [3.05, 3.63) is 60.4 Å². The zero-order chi connectivity index (χ0) is 18.5. The van der Waals surface area contributed by atoms with Crippen LogP contribution >= 0.6 is 0 Å². The monoisotopic (exact) mass is 363 g/mol.